The van der Waals surface area contributed by atoms with Gasteiger partial charge in [0.1, 0.15) is 147 Å². The van der Waals surface area contributed by atoms with Gasteiger partial charge in [0.05, 0.1) is 117 Å². The number of hydrogen-bond acceptors (Lipinski definition) is 51. The second kappa shape index (κ2) is 46.7. The van der Waals surface area contributed by atoms with E-state index in [1.54, 1.807) is 6.92 Å². The van der Waals surface area contributed by atoms with Crippen LogP contribution in [0.1, 0.15) is 58.3 Å². The molecule has 9 aliphatic heterocycles. The molecule has 124 heavy (non-hydrogen) atoms. The maximum Gasteiger partial charge on any atom is 0.187 e. The van der Waals surface area contributed by atoms with Gasteiger partial charge >= 0.3 is 0 Å². The summed E-state index contributed by atoms with van der Waals surface area (Å²) >= 11 is 0. The molecule has 50 N–H and O–H groups in total. The number of rotatable bonds is 29. The van der Waals surface area contributed by atoms with E-state index in [2.05, 4.69) is 0 Å². The van der Waals surface area contributed by atoms with Gasteiger partial charge in [0.2, 0.25) is 0 Å². The Hall–Kier alpha value is -2.11. The molecule has 3 aliphatic carbocycles. The van der Waals surface area contributed by atoms with Crippen LogP contribution in [0.2, 0.25) is 0 Å². The third-order valence-corrected chi connectivity index (χ3v) is 25.6. The maximum absolute atomic E-state index is 13.2. The summed E-state index contributed by atoms with van der Waals surface area (Å²) in [6.45, 7) is -0.557. The first-order chi connectivity index (χ1) is 58.9. The van der Waals surface area contributed by atoms with Crippen LogP contribution in [0.5, 0.6) is 0 Å². The van der Waals surface area contributed by atoms with E-state index in [0.717, 1.165) is 0 Å². The number of hydrogen-bond donors (Lipinski definition) is 32. The monoisotopic (exact) mass is 1810 g/mol. The summed E-state index contributed by atoms with van der Waals surface area (Å²) < 4.78 is 125. The van der Waals surface area contributed by atoms with Crippen LogP contribution in [0.4, 0.5) is 4.39 Å². The SMILES string of the molecule is CO[C@@H]1[C@@H](O[C@@H]2O[C@H](CO)[C@@H](O[C@H]3O[C@@H](CN)[C@@H](O)[C@H](O)[C@H]3N)[C@H]2O)[C@H](O[C@H]2O[C@H](CN)CC[C@H]2N)[C@@H](N)C[C@H]1N.C[C@@H]1[C@@H](N)[C@@H](O[C@H]2[C@@H](O)[C@H](O[C@@H]3[C@@H](O)[C@H](N)C[C@H](N)[C@H]3O[C@H]3O[C@H]([C@H](N)CF)CC[C@H]3N)O[C@@H]2CO)O[C@@H](CN)[C@H]1O.NC[C@@H]1CC[C@@H](N)[C@@H](O[C@@H]2[C@@H](N)[C@H](O)[C@@H](N)[C@H](O)[C@H]2O[C@@H]2O[C@H](CO)[C@@H](O[C@H]3O[C@@H](CN)[C@@H](O)[C@H](O)[C@H]3N)[C@H]2O)O1. The average molecular weight is 1810 g/mol. The molecule has 0 spiro atoms. The Morgan fingerprint density at radius 3 is 1.03 bits per heavy atom. The minimum absolute atomic E-state index is 0.00721. The highest BCUT2D eigenvalue weighted by Crippen LogP contribution is 2.41. The quantitative estimate of drug-likeness (QED) is 0.0331. The number of aliphatic hydroxyl groups excluding tert-OH is 14. The van der Waals surface area contributed by atoms with Crippen molar-refractivity contribution in [2.24, 2.45) is 109 Å². The molecule has 0 aromatic rings. The number of halogens is 1. The molecule has 12 aliphatic rings. The topological polar surface area (TPSA) is 927 Å². The highest BCUT2D eigenvalue weighted by molar-refractivity contribution is 5.08. The normalized spacial score (nSPS) is 51.7. The molecule has 12 fully saturated rings. The van der Waals surface area contributed by atoms with E-state index in [4.69, 9.17) is 193 Å². The van der Waals surface area contributed by atoms with Gasteiger partial charge in [-0.1, -0.05) is 6.92 Å². The number of nitrogens with two attached hydrogens (primary N) is 18. The lowest BCUT2D eigenvalue weighted by Gasteiger charge is -2.47. The Morgan fingerprint density at radius 1 is 0.290 bits per heavy atom. The van der Waals surface area contributed by atoms with Crippen molar-refractivity contribution in [3.8, 4) is 0 Å². The van der Waals surface area contributed by atoms with Crippen LogP contribution in [0, 0.1) is 5.92 Å². The Morgan fingerprint density at radius 2 is 0.629 bits per heavy atom. The van der Waals surface area contributed by atoms with Gasteiger partial charge in [-0.15, -0.1) is 0 Å². The Bertz CT molecular complexity index is 3140. The highest BCUT2D eigenvalue weighted by atomic mass is 19.1. The van der Waals surface area contributed by atoms with Crippen LogP contribution in [-0.2, 0) is 90.0 Å². The third-order valence-electron chi connectivity index (χ3n) is 25.6. The number of methoxy groups -OCH3 is 1. The van der Waals surface area contributed by atoms with Gasteiger partial charge in [-0.3, -0.25) is 0 Å². The summed E-state index contributed by atoms with van der Waals surface area (Å²) in [5.74, 6) is -0.443. The summed E-state index contributed by atoms with van der Waals surface area (Å²) in [6, 6.07) is -10.7. The predicted octanol–water partition coefficient (Wildman–Crippen LogP) is -19.3. The van der Waals surface area contributed by atoms with Crippen LogP contribution in [-0.4, -0.2) is 456 Å². The minimum Gasteiger partial charge on any atom is -0.394 e. The zero-order valence-electron chi connectivity index (χ0n) is 69.4. The van der Waals surface area contributed by atoms with E-state index in [0.29, 0.717) is 51.5 Å². The van der Waals surface area contributed by atoms with Gasteiger partial charge in [-0.25, -0.2) is 4.39 Å². The number of aliphatic hydroxyl groups is 14. The van der Waals surface area contributed by atoms with E-state index in [-0.39, 0.29) is 44.8 Å². The fraction of sp³-hybridized carbons (Fsp3) is 1.00. The molecule has 0 bridgehead atoms. The molecule has 9 saturated heterocycles. The zero-order chi connectivity index (χ0) is 91.1. The van der Waals surface area contributed by atoms with E-state index in [1.807, 2.05) is 0 Å². The van der Waals surface area contributed by atoms with Crippen molar-refractivity contribution in [3.63, 3.8) is 0 Å². The second-order valence-electron chi connectivity index (χ2n) is 34.2. The second-order valence-corrected chi connectivity index (χ2v) is 34.2. The van der Waals surface area contributed by atoms with E-state index >= 15 is 0 Å². The highest BCUT2D eigenvalue weighted by Gasteiger charge is 2.60. The van der Waals surface area contributed by atoms with Gasteiger partial charge in [0, 0.05) is 69.9 Å². The average Bonchev–Trinajstić information content (AvgIpc) is 1.58. The molecular weight excluding hydrogens is 1660 g/mol. The first kappa shape index (κ1) is 104. The van der Waals surface area contributed by atoms with Gasteiger partial charge in [0.25, 0.3) is 0 Å². The first-order valence-electron chi connectivity index (χ1n) is 42.4. The summed E-state index contributed by atoms with van der Waals surface area (Å²) in [4.78, 5) is 0. The van der Waals surface area contributed by atoms with Crippen molar-refractivity contribution in [1.82, 2.24) is 0 Å². The molecule has 12 rings (SSSR count). The molecule has 51 nitrogen and oxygen atoms in total. The van der Waals surface area contributed by atoms with Gasteiger partial charge < -0.3 is 265 Å². The molecule has 726 valence electrons. The third kappa shape index (κ3) is 23.4. The molecule has 53 atom stereocenters. The molecule has 3 saturated carbocycles. The molecule has 52 heteroatoms. The summed E-state index contributed by atoms with van der Waals surface area (Å²) in [5, 5.41) is 147. The lowest BCUT2D eigenvalue weighted by atomic mass is 9.82. The van der Waals surface area contributed by atoms with Crippen LogP contribution in [0.3, 0.4) is 0 Å². The molecule has 0 aromatic heterocycles. The zero-order valence-corrected chi connectivity index (χ0v) is 69.4. The number of ether oxygens (including phenoxy) is 19. The summed E-state index contributed by atoms with van der Waals surface area (Å²) in [5.41, 5.74) is 109. The first-order valence-corrected chi connectivity index (χ1v) is 42.4. The van der Waals surface area contributed by atoms with Crippen molar-refractivity contribution in [1.29, 1.82) is 0 Å². The van der Waals surface area contributed by atoms with E-state index in [1.165, 1.54) is 7.11 Å². The molecular formula is C72H143FN18O33. The van der Waals surface area contributed by atoms with Crippen LogP contribution in [0.15, 0.2) is 0 Å². The van der Waals surface area contributed by atoms with Gasteiger partial charge in [-0.2, -0.15) is 0 Å². The van der Waals surface area contributed by atoms with Crippen LogP contribution < -0.4 is 103 Å². The van der Waals surface area contributed by atoms with E-state index in [9.17, 15) is 75.9 Å². The van der Waals surface area contributed by atoms with Crippen LogP contribution >= 0.6 is 0 Å². The minimum atomic E-state index is -1.59. The van der Waals surface area contributed by atoms with Crippen LogP contribution in [0.25, 0.3) is 0 Å². The Kier molecular flexibility index (Phi) is 39.2. The fourth-order valence-corrected chi connectivity index (χ4v) is 17.7. The van der Waals surface area contributed by atoms with Crippen molar-refractivity contribution >= 4 is 0 Å². The van der Waals surface area contributed by atoms with Crippen molar-refractivity contribution in [2.45, 2.75) is 377 Å². The van der Waals surface area contributed by atoms with E-state index < -0.39 is 338 Å². The largest absolute Gasteiger partial charge is 0.394 e. The molecule has 0 radical (unpaired) electrons. The van der Waals surface area contributed by atoms with Crippen molar-refractivity contribution in [3.05, 3.63) is 0 Å². The van der Waals surface area contributed by atoms with Gasteiger partial charge in [-0.05, 0) is 51.4 Å². The smallest absolute Gasteiger partial charge is 0.187 e. The molecule has 0 amide bonds. The predicted molar refractivity (Wildman–Crippen MR) is 421 cm³/mol. The van der Waals surface area contributed by atoms with Gasteiger partial charge in [0.15, 0.2) is 56.6 Å². The molecule has 0 unspecified atom stereocenters. The molecule has 9 heterocycles. The summed E-state index contributed by atoms with van der Waals surface area (Å²) in [7, 11) is 1.46. The maximum atomic E-state index is 13.2. The fourth-order valence-electron chi connectivity index (χ4n) is 17.7. The Balaban J connectivity index is 0.000000195. The lowest BCUT2D eigenvalue weighted by molar-refractivity contribution is -0.295. The standard InChI is InChI=1S/C25H49FN6O10.C24H48N6O11.C23H46N6O12/c1-8-16(32)24(38-14(6-27)17(8)34)41-21-15(7-33)39-25(19(21)36)42-22-18(35)10(29)4-11(30)20(22)40-23-9(28)2-3-13(37-23)12(31)5-26;1-35-18-10(28)4-11(29)19(39-22-9(27)3-2-8(5-25)36-22)21(18)41-24-17(34)20(13(7-31)38-24)40-23-14(30)16(33)15(32)12(6-26)37-23;24-3-6-1-2-7(26)21(36-6)40-19-11(28)14(32)10(27)16(34)20(19)41-23-17(35)18(9(5-30)38-23)39-22-12(29)15(33)13(31)8(4-25)37-22/h8-25,33-36H,2-7,27-32H2,1H3;8-24,31-34H,2-7,25-30H2,1H3;6-23,30-35H,1-5,24-29H2/t8-,9-,10-,11+,12-,13+,14+,15-,16-,17+,18+,19-,20-,21-,22-,23-,24-,25+;8-,9+,10+,11-,12-,13+,14+,15+,16+,17+,18-,19+,20+,21+,22+,23+,24-;6-,7+,8-,9+,10+,11-,12+,13+,14+,15+,16-,17+,18+,19+,20+,21+,22+,23-/m100/s1. The molecule has 0 aromatic carbocycles. The lowest BCUT2D eigenvalue weighted by Crippen LogP contribution is -2.71. The summed E-state index contributed by atoms with van der Waals surface area (Å²) in [6.07, 6.45) is -40.4. The van der Waals surface area contributed by atoms with Crippen molar-refractivity contribution < 1.29 is 166 Å². The van der Waals surface area contributed by atoms with Crippen molar-refractivity contribution in [2.75, 3.05) is 66.3 Å². The Labute approximate surface area is 715 Å². The number of alkyl halides is 1.